The van der Waals surface area contributed by atoms with Gasteiger partial charge in [-0.3, -0.25) is 0 Å². The van der Waals surface area contributed by atoms with Crippen molar-refractivity contribution in [3.63, 3.8) is 0 Å². The SMILES string of the molecule is CCN1CCCC(C(C)NC2CC3CCCC(C2)N3C)C1. The van der Waals surface area contributed by atoms with Crippen LogP contribution in [0.5, 0.6) is 0 Å². The second kappa shape index (κ2) is 6.97. The molecule has 3 fully saturated rings. The van der Waals surface area contributed by atoms with Gasteiger partial charge in [0.2, 0.25) is 0 Å². The Labute approximate surface area is 131 Å². The Balaban J connectivity index is 1.52. The molecule has 3 aliphatic heterocycles. The number of rotatable bonds is 4. The van der Waals surface area contributed by atoms with Crippen LogP contribution >= 0.6 is 0 Å². The largest absolute Gasteiger partial charge is 0.311 e. The fraction of sp³-hybridized carbons (Fsp3) is 1.00. The average molecular weight is 293 g/mol. The molecule has 0 amide bonds. The Bertz CT molecular complexity index is 318. The molecule has 0 spiro atoms. The number of hydrogen-bond donors (Lipinski definition) is 1. The van der Waals surface area contributed by atoms with Gasteiger partial charge in [0.25, 0.3) is 0 Å². The first-order valence-corrected chi connectivity index (χ1v) is 9.37. The number of hydrogen-bond acceptors (Lipinski definition) is 3. The Morgan fingerprint density at radius 3 is 2.48 bits per heavy atom. The minimum atomic E-state index is 0.688. The zero-order valence-corrected chi connectivity index (χ0v) is 14.4. The smallest absolute Gasteiger partial charge is 0.0110 e. The maximum atomic E-state index is 4.03. The summed E-state index contributed by atoms with van der Waals surface area (Å²) < 4.78 is 0. The molecule has 4 unspecified atom stereocenters. The number of nitrogens with one attached hydrogen (secondary N) is 1. The summed E-state index contributed by atoms with van der Waals surface area (Å²) in [5.74, 6) is 0.859. The molecule has 0 radical (unpaired) electrons. The summed E-state index contributed by atoms with van der Waals surface area (Å²) in [6.45, 7) is 8.60. The van der Waals surface area contributed by atoms with E-state index in [9.17, 15) is 0 Å². The van der Waals surface area contributed by atoms with Crippen molar-refractivity contribution in [2.24, 2.45) is 5.92 Å². The van der Waals surface area contributed by atoms with Crippen LogP contribution in [0.2, 0.25) is 0 Å². The number of nitrogens with zero attached hydrogens (tertiary/aromatic N) is 2. The monoisotopic (exact) mass is 293 g/mol. The van der Waals surface area contributed by atoms with Gasteiger partial charge in [0.15, 0.2) is 0 Å². The highest BCUT2D eigenvalue weighted by Gasteiger charge is 2.37. The van der Waals surface area contributed by atoms with Crippen molar-refractivity contribution in [2.75, 3.05) is 26.7 Å². The minimum Gasteiger partial charge on any atom is -0.311 e. The van der Waals surface area contributed by atoms with Crippen LogP contribution in [0.25, 0.3) is 0 Å². The molecule has 0 saturated carbocycles. The van der Waals surface area contributed by atoms with Crippen molar-refractivity contribution in [2.45, 2.75) is 83.0 Å². The zero-order valence-electron chi connectivity index (χ0n) is 14.4. The summed E-state index contributed by atoms with van der Waals surface area (Å²) in [5.41, 5.74) is 0. The van der Waals surface area contributed by atoms with E-state index in [1.807, 2.05) is 0 Å². The van der Waals surface area contributed by atoms with Crippen LogP contribution in [0.3, 0.4) is 0 Å². The predicted molar refractivity (Wildman–Crippen MR) is 89.6 cm³/mol. The maximum absolute atomic E-state index is 4.03. The van der Waals surface area contributed by atoms with Crippen molar-refractivity contribution in [3.8, 4) is 0 Å². The molecule has 3 heterocycles. The van der Waals surface area contributed by atoms with E-state index in [0.29, 0.717) is 6.04 Å². The van der Waals surface area contributed by atoms with Gasteiger partial charge in [0, 0.05) is 30.7 Å². The second-order valence-corrected chi connectivity index (χ2v) is 7.82. The number of piperidine rings is 3. The van der Waals surface area contributed by atoms with E-state index in [1.54, 1.807) is 0 Å². The molecule has 0 aromatic carbocycles. The molecule has 122 valence electrons. The quantitative estimate of drug-likeness (QED) is 0.860. The van der Waals surface area contributed by atoms with E-state index in [1.165, 1.54) is 64.6 Å². The number of fused-ring (bicyclic) bond motifs is 2. The van der Waals surface area contributed by atoms with E-state index in [2.05, 4.69) is 36.0 Å². The van der Waals surface area contributed by atoms with E-state index in [-0.39, 0.29) is 0 Å². The lowest BCUT2D eigenvalue weighted by atomic mass is 9.81. The van der Waals surface area contributed by atoms with Gasteiger partial charge in [-0.25, -0.2) is 0 Å². The Morgan fingerprint density at radius 1 is 1.10 bits per heavy atom. The van der Waals surface area contributed by atoms with Gasteiger partial charge in [-0.15, -0.1) is 0 Å². The van der Waals surface area contributed by atoms with Crippen LogP contribution < -0.4 is 5.32 Å². The lowest BCUT2D eigenvalue weighted by Gasteiger charge is -2.48. The second-order valence-electron chi connectivity index (χ2n) is 7.82. The summed E-state index contributed by atoms with van der Waals surface area (Å²) in [4.78, 5) is 5.31. The summed E-state index contributed by atoms with van der Waals surface area (Å²) >= 11 is 0. The third-order valence-electron chi connectivity index (χ3n) is 6.53. The topological polar surface area (TPSA) is 18.5 Å². The summed E-state index contributed by atoms with van der Waals surface area (Å²) in [6, 6.07) is 3.15. The molecule has 3 nitrogen and oxygen atoms in total. The third kappa shape index (κ3) is 3.62. The Hall–Kier alpha value is -0.120. The first kappa shape index (κ1) is 15.8. The van der Waals surface area contributed by atoms with Crippen molar-refractivity contribution >= 4 is 0 Å². The van der Waals surface area contributed by atoms with Crippen molar-refractivity contribution < 1.29 is 0 Å². The Morgan fingerprint density at radius 2 is 1.81 bits per heavy atom. The molecule has 0 aromatic heterocycles. The van der Waals surface area contributed by atoms with Gasteiger partial charge in [-0.05, 0) is 71.5 Å². The highest BCUT2D eigenvalue weighted by atomic mass is 15.2. The van der Waals surface area contributed by atoms with Crippen LogP contribution in [0.4, 0.5) is 0 Å². The minimum absolute atomic E-state index is 0.688. The Kier molecular flexibility index (Phi) is 5.23. The van der Waals surface area contributed by atoms with Gasteiger partial charge in [0.05, 0.1) is 0 Å². The van der Waals surface area contributed by atoms with Crippen molar-refractivity contribution in [3.05, 3.63) is 0 Å². The standard InChI is InChI=1S/C18H35N3/c1-4-21-10-6-7-15(13-21)14(2)19-16-11-17-8-5-9-18(12-16)20(17)3/h14-19H,4-13H2,1-3H3. The molecular formula is C18H35N3. The molecule has 2 bridgehead atoms. The van der Waals surface area contributed by atoms with Crippen LogP contribution in [0.15, 0.2) is 0 Å². The van der Waals surface area contributed by atoms with Gasteiger partial charge < -0.3 is 15.1 Å². The molecule has 3 heteroatoms. The maximum Gasteiger partial charge on any atom is 0.0110 e. The van der Waals surface area contributed by atoms with E-state index in [4.69, 9.17) is 0 Å². The molecular weight excluding hydrogens is 258 g/mol. The molecule has 1 N–H and O–H groups in total. The highest BCUT2D eigenvalue weighted by molar-refractivity contribution is 4.95. The first-order chi connectivity index (χ1) is 10.2. The average Bonchev–Trinajstić information content (AvgIpc) is 2.48. The molecule has 0 aromatic rings. The van der Waals surface area contributed by atoms with Crippen LogP contribution in [0.1, 0.15) is 58.8 Å². The summed E-state index contributed by atoms with van der Waals surface area (Å²) in [6.07, 6.45) is 9.87. The van der Waals surface area contributed by atoms with Crippen LogP contribution in [-0.2, 0) is 0 Å². The van der Waals surface area contributed by atoms with Gasteiger partial charge in [-0.2, -0.15) is 0 Å². The van der Waals surface area contributed by atoms with Gasteiger partial charge in [0.1, 0.15) is 0 Å². The van der Waals surface area contributed by atoms with Crippen LogP contribution in [0, 0.1) is 5.92 Å². The predicted octanol–water partition coefficient (Wildman–Crippen LogP) is 2.71. The van der Waals surface area contributed by atoms with Crippen LogP contribution in [-0.4, -0.2) is 60.6 Å². The lowest BCUT2D eigenvalue weighted by Crippen LogP contribution is -2.57. The van der Waals surface area contributed by atoms with Gasteiger partial charge in [-0.1, -0.05) is 13.3 Å². The highest BCUT2D eigenvalue weighted by Crippen LogP contribution is 2.33. The molecule has 3 aliphatic rings. The normalized spacial score (nSPS) is 40.1. The van der Waals surface area contributed by atoms with Gasteiger partial charge >= 0.3 is 0 Å². The van der Waals surface area contributed by atoms with Crippen molar-refractivity contribution in [1.82, 2.24) is 15.1 Å². The first-order valence-electron chi connectivity index (χ1n) is 9.37. The van der Waals surface area contributed by atoms with E-state index >= 15 is 0 Å². The van der Waals surface area contributed by atoms with Crippen molar-refractivity contribution in [1.29, 1.82) is 0 Å². The molecule has 3 saturated heterocycles. The molecule has 21 heavy (non-hydrogen) atoms. The van der Waals surface area contributed by atoms with E-state index < -0.39 is 0 Å². The third-order valence-corrected chi connectivity index (χ3v) is 6.53. The molecule has 4 atom stereocenters. The fourth-order valence-electron chi connectivity index (χ4n) is 5.05. The van der Waals surface area contributed by atoms with E-state index in [0.717, 1.165) is 24.0 Å². The number of likely N-dealkylation sites (tertiary alicyclic amines) is 1. The summed E-state index contributed by atoms with van der Waals surface area (Å²) in [7, 11) is 2.36. The zero-order chi connectivity index (χ0) is 14.8. The molecule has 0 aliphatic carbocycles. The summed E-state index contributed by atoms with van der Waals surface area (Å²) in [5, 5.41) is 4.03. The molecule has 3 rings (SSSR count). The lowest BCUT2D eigenvalue weighted by molar-refractivity contribution is 0.0416. The fourth-order valence-corrected chi connectivity index (χ4v) is 5.05.